The number of hydrogen-bond donors (Lipinski definition) is 1. The molecule has 0 amide bonds. The van der Waals surface area contributed by atoms with Crippen molar-refractivity contribution in [3.05, 3.63) is 59.1 Å². The third-order valence-corrected chi connectivity index (χ3v) is 4.23. The minimum atomic E-state index is 0.511. The van der Waals surface area contributed by atoms with Crippen LogP contribution in [0.4, 0.5) is 0 Å². The molecule has 1 nitrogen and oxygen atoms in total. The molecule has 1 N–H and O–H groups in total. The molecule has 2 aromatic carbocycles. The van der Waals surface area contributed by atoms with Crippen molar-refractivity contribution in [1.82, 2.24) is 5.32 Å². The summed E-state index contributed by atoms with van der Waals surface area (Å²) in [6.45, 7) is 5.22. The van der Waals surface area contributed by atoms with Crippen molar-refractivity contribution in [2.75, 3.05) is 0 Å². The summed E-state index contributed by atoms with van der Waals surface area (Å²) in [5.74, 6) is 0. The lowest BCUT2D eigenvalue weighted by Gasteiger charge is -2.09. The van der Waals surface area contributed by atoms with E-state index in [1.54, 1.807) is 11.8 Å². The van der Waals surface area contributed by atoms with Crippen molar-refractivity contribution in [2.45, 2.75) is 36.2 Å². The van der Waals surface area contributed by atoms with Gasteiger partial charge in [-0.25, -0.2) is 0 Å². The van der Waals surface area contributed by atoms with Crippen LogP contribution in [-0.4, -0.2) is 6.04 Å². The smallest absolute Gasteiger partial charge is 0.0545 e. The Labute approximate surface area is 124 Å². The van der Waals surface area contributed by atoms with Crippen LogP contribution in [0.3, 0.4) is 0 Å². The topological polar surface area (TPSA) is 12.0 Å². The van der Waals surface area contributed by atoms with Gasteiger partial charge in [-0.2, -0.15) is 0 Å². The second-order valence-electron chi connectivity index (χ2n) is 4.71. The van der Waals surface area contributed by atoms with Gasteiger partial charge in [0, 0.05) is 22.4 Å². The first kappa shape index (κ1) is 14.4. The van der Waals surface area contributed by atoms with E-state index in [1.165, 1.54) is 10.5 Å². The highest BCUT2D eigenvalue weighted by Crippen LogP contribution is 2.32. The average Bonchev–Trinajstić information content (AvgIpc) is 2.40. The molecule has 0 bridgehead atoms. The molecule has 0 aliphatic rings. The van der Waals surface area contributed by atoms with E-state index in [-0.39, 0.29) is 0 Å². The molecule has 0 saturated carbocycles. The van der Waals surface area contributed by atoms with Crippen LogP contribution in [0.1, 0.15) is 19.4 Å². The molecule has 0 saturated heterocycles. The fraction of sp³-hybridized carbons (Fsp3) is 0.250. The van der Waals surface area contributed by atoms with Gasteiger partial charge in [0.25, 0.3) is 0 Å². The van der Waals surface area contributed by atoms with Crippen LogP contribution < -0.4 is 5.32 Å². The van der Waals surface area contributed by atoms with Crippen molar-refractivity contribution in [1.29, 1.82) is 0 Å². The fourth-order valence-electron chi connectivity index (χ4n) is 1.65. The zero-order valence-corrected chi connectivity index (χ0v) is 12.8. The van der Waals surface area contributed by atoms with E-state index >= 15 is 0 Å². The molecular formula is C16H18ClNS. The maximum atomic E-state index is 6.16. The standard InChI is InChI=1S/C16H18ClNS/c1-12(2)18-11-13-7-9-14(10-8-13)19-16-6-4-3-5-15(16)17/h3-10,12,18H,11H2,1-2H3. The minimum absolute atomic E-state index is 0.511. The van der Waals surface area contributed by atoms with Crippen LogP contribution in [-0.2, 0) is 6.54 Å². The Bertz CT molecular complexity index is 523. The lowest BCUT2D eigenvalue weighted by molar-refractivity contribution is 0.588. The monoisotopic (exact) mass is 291 g/mol. The molecule has 0 aromatic heterocycles. The highest BCUT2D eigenvalue weighted by molar-refractivity contribution is 7.99. The molecule has 2 aromatic rings. The van der Waals surface area contributed by atoms with Crippen molar-refractivity contribution < 1.29 is 0 Å². The maximum Gasteiger partial charge on any atom is 0.0545 e. The summed E-state index contributed by atoms with van der Waals surface area (Å²) in [6, 6.07) is 17.0. The zero-order valence-electron chi connectivity index (χ0n) is 11.2. The second kappa shape index (κ2) is 6.99. The van der Waals surface area contributed by atoms with Crippen LogP contribution in [0.5, 0.6) is 0 Å². The fourth-order valence-corrected chi connectivity index (χ4v) is 2.74. The van der Waals surface area contributed by atoms with Gasteiger partial charge in [0.2, 0.25) is 0 Å². The van der Waals surface area contributed by atoms with E-state index in [2.05, 4.69) is 43.4 Å². The Kier molecular flexibility index (Phi) is 5.32. The lowest BCUT2D eigenvalue weighted by atomic mass is 10.2. The lowest BCUT2D eigenvalue weighted by Crippen LogP contribution is -2.21. The van der Waals surface area contributed by atoms with E-state index < -0.39 is 0 Å². The molecule has 0 aliphatic carbocycles. The number of rotatable bonds is 5. The largest absolute Gasteiger partial charge is 0.310 e. The van der Waals surface area contributed by atoms with E-state index in [1.807, 2.05) is 24.3 Å². The molecule has 0 fully saturated rings. The van der Waals surface area contributed by atoms with Gasteiger partial charge >= 0.3 is 0 Å². The molecule has 0 radical (unpaired) electrons. The molecule has 0 spiro atoms. The molecular weight excluding hydrogens is 274 g/mol. The first-order valence-electron chi connectivity index (χ1n) is 6.40. The van der Waals surface area contributed by atoms with Gasteiger partial charge in [-0.1, -0.05) is 61.5 Å². The van der Waals surface area contributed by atoms with Crippen molar-refractivity contribution in [2.24, 2.45) is 0 Å². The van der Waals surface area contributed by atoms with E-state index in [0.29, 0.717) is 6.04 Å². The molecule has 100 valence electrons. The Hall–Kier alpha value is -0.960. The molecule has 0 atom stereocenters. The predicted molar refractivity (Wildman–Crippen MR) is 84.0 cm³/mol. The Morgan fingerprint density at radius 2 is 1.74 bits per heavy atom. The van der Waals surface area contributed by atoms with Gasteiger partial charge in [0.1, 0.15) is 0 Å². The van der Waals surface area contributed by atoms with Gasteiger partial charge in [-0.3, -0.25) is 0 Å². The summed E-state index contributed by atoms with van der Waals surface area (Å²) in [4.78, 5) is 2.30. The van der Waals surface area contributed by atoms with E-state index in [0.717, 1.165) is 16.5 Å². The van der Waals surface area contributed by atoms with E-state index in [4.69, 9.17) is 11.6 Å². The Morgan fingerprint density at radius 1 is 1.05 bits per heavy atom. The summed E-state index contributed by atoms with van der Waals surface area (Å²) < 4.78 is 0. The number of halogens is 1. The van der Waals surface area contributed by atoms with Gasteiger partial charge in [-0.15, -0.1) is 0 Å². The van der Waals surface area contributed by atoms with Crippen molar-refractivity contribution >= 4 is 23.4 Å². The first-order chi connectivity index (χ1) is 9.15. The first-order valence-corrected chi connectivity index (χ1v) is 7.59. The average molecular weight is 292 g/mol. The van der Waals surface area contributed by atoms with Crippen LogP contribution in [0, 0.1) is 0 Å². The summed E-state index contributed by atoms with van der Waals surface area (Å²) in [6.07, 6.45) is 0. The highest BCUT2D eigenvalue weighted by Gasteiger charge is 2.02. The van der Waals surface area contributed by atoms with Crippen LogP contribution in [0.2, 0.25) is 5.02 Å². The number of nitrogens with one attached hydrogen (secondary N) is 1. The summed E-state index contributed by atoms with van der Waals surface area (Å²) >= 11 is 7.85. The molecule has 0 unspecified atom stereocenters. The second-order valence-corrected chi connectivity index (χ2v) is 6.23. The zero-order chi connectivity index (χ0) is 13.7. The number of hydrogen-bond acceptors (Lipinski definition) is 2. The molecule has 2 rings (SSSR count). The Balaban J connectivity index is 2.01. The summed E-state index contributed by atoms with van der Waals surface area (Å²) in [5.41, 5.74) is 1.30. The third-order valence-electron chi connectivity index (χ3n) is 2.70. The van der Waals surface area contributed by atoms with Crippen LogP contribution in [0.25, 0.3) is 0 Å². The van der Waals surface area contributed by atoms with Crippen molar-refractivity contribution in [3.63, 3.8) is 0 Å². The Morgan fingerprint density at radius 3 is 2.37 bits per heavy atom. The SMILES string of the molecule is CC(C)NCc1ccc(Sc2ccccc2Cl)cc1. The van der Waals surface area contributed by atoms with E-state index in [9.17, 15) is 0 Å². The van der Waals surface area contributed by atoms with Crippen LogP contribution >= 0.6 is 23.4 Å². The highest BCUT2D eigenvalue weighted by atomic mass is 35.5. The predicted octanol–water partition coefficient (Wildman–Crippen LogP) is 4.99. The third kappa shape index (κ3) is 4.57. The molecule has 19 heavy (non-hydrogen) atoms. The quantitative estimate of drug-likeness (QED) is 0.833. The van der Waals surface area contributed by atoms with Gasteiger partial charge in [-0.05, 0) is 29.8 Å². The molecule has 3 heteroatoms. The minimum Gasteiger partial charge on any atom is -0.310 e. The maximum absolute atomic E-state index is 6.16. The van der Waals surface area contributed by atoms with Crippen molar-refractivity contribution in [3.8, 4) is 0 Å². The van der Waals surface area contributed by atoms with Gasteiger partial charge in [0.15, 0.2) is 0 Å². The summed E-state index contributed by atoms with van der Waals surface area (Å²) in [7, 11) is 0. The molecule has 0 heterocycles. The number of benzene rings is 2. The normalized spacial score (nSPS) is 10.9. The van der Waals surface area contributed by atoms with Gasteiger partial charge < -0.3 is 5.32 Å². The molecule has 0 aliphatic heterocycles. The van der Waals surface area contributed by atoms with Gasteiger partial charge in [0.05, 0.1) is 5.02 Å². The van der Waals surface area contributed by atoms with Crippen LogP contribution in [0.15, 0.2) is 58.3 Å². The summed E-state index contributed by atoms with van der Waals surface area (Å²) in [5, 5.41) is 4.22.